The van der Waals surface area contributed by atoms with Crippen molar-refractivity contribution in [3.8, 4) is 0 Å². The summed E-state index contributed by atoms with van der Waals surface area (Å²) in [7, 11) is 0. The molecular formula is C10H13FOS. The van der Waals surface area contributed by atoms with E-state index in [0.717, 1.165) is 4.90 Å². The van der Waals surface area contributed by atoms with Gasteiger partial charge in [0.1, 0.15) is 5.82 Å². The van der Waals surface area contributed by atoms with Gasteiger partial charge in [0.2, 0.25) is 0 Å². The van der Waals surface area contributed by atoms with Gasteiger partial charge in [0.15, 0.2) is 0 Å². The standard InChI is InChI=1S/C10H13FOS/c1-7(6-12)9-5-8(13-2)3-4-10(9)11/h3-5,7,12H,6H2,1-2H3. The molecule has 0 aliphatic rings. The number of hydrogen-bond acceptors (Lipinski definition) is 2. The Hall–Kier alpha value is -0.540. The van der Waals surface area contributed by atoms with E-state index in [9.17, 15) is 4.39 Å². The lowest BCUT2D eigenvalue weighted by atomic mass is 10.0. The minimum absolute atomic E-state index is 0.0191. The predicted molar refractivity (Wildman–Crippen MR) is 53.7 cm³/mol. The highest BCUT2D eigenvalue weighted by Gasteiger charge is 2.10. The van der Waals surface area contributed by atoms with Crippen LogP contribution in [0.4, 0.5) is 4.39 Å². The fourth-order valence-corrected chi connectivity index (χ4v) is 1.57. The van der Waals surface area contributed by atoms with Gasteiger partial charge >= 0.3 is 0 Å². The van der Waals surface area contributed by atoms with E-state index in [1.807, 2.05) is 13.2 Å². The Morgan fingerprint density at radius 1 is 1.54 bits per heavy atom. The van der Waals surface area contributed by atoms with E-state index in [2.05, 4.69) is 0 Å². The van der Waals surface area contributed by atoms with Gasteiger partial charge in [-0.05, 0) is 30.0 Å². The fourth-order valence-electron chi connectivity index (χ4n) is 1.12. The minimum Gasteiger partial charge on any atom is -0.396 e. The van der Waals surface area contributed by atoms with Gasteiger partial charge in [-0.2, -0.15) is 0 Å². The van der Waals surface area contributed by atoms with Crippen LogP contribution in [-0.2, 0) is 0 Å². The second-order valence-corrected chi connectivity index (χ2v) is 3.85. The van der Waals surface area contributed by atoms with Crippen molar-refractivity contribution in [2.45, 2.75) is 17.7 Å². The van der Waals surface area contributed by atoms with Gasteiger partial charge in [-0.25, -0.2) is 4.39 Å². The second-order valence-electron chi connectivity index (χ2n) is 2.97. The molecule has 0 amide bonds. The lowest BCUT2D eigenvalue weighted by molar-refractivity contribution is 0.270. The average Bonchev–Trinajstić information content (AvgIpc) is 2.17. The van der Waals surface area contributed by atoms with Crippen molar-refractivity contribution in [2.75, 3.05) is 12.9 Å². The Labute approximate surface area is 82.0 Å². The van der Waals surface area contributed by atoms with Crippen LogP contribution in [0.25, 0.3) is 0 Å². The fraction of sp³-hybridized carbons (Fsp3) is 0.400. The quantitative estimate of drug-likeness (QED) is 0.757. The van der Waals surface area contributed by atoms with Crippen molar-refractivity contribution in [2.24, 2.45) is 0 Å². The molecule has 0 saturated carbocycles. The summed E-state index contributed by atoms with van der Waals surface area (Å²) in [6.45, 7) is 1.79. The molecule has 0 fully saturated rings. The topological polar surface area (TPSA) is 20.2 Å². The molecule has 1 aromatic rings. The van der Waals surface area contributed by atoms with Crippen LogP contribution in [0.5, 0.6) is 0 Å². The molecule has 1 unspecified atom stereocenters. The van der Waals surface area contributed by atoms with Gasteiger partial charge in [-0.15, -0.1) is 11.8 Å². The zero-order valence-corrected chi connectivity index (χ0v) is 8.57. The van der Waals surface area contributed by atoms with E-state index in [-0.39, 0.29) is 18.3 Å². The molecule has 0 aliphatic heterocycles. The Bertz CT molecular complexity index is 288. The Balaban J connectivity index is 3.03. The van der Waals surface area contributed by atoms with Crippen LogP contribution in [0.15, 0.2) is 23.1 Å². The van der Waals surface area contributed by atoms with Crippen LogP contribution in [0, 0.1) is 5.82 Å². The molecule has 0 aliphatic carbocycles. The SMILES string of the molecule is CSc1ccc(F)c(C(C)CO)c1. The second kappa shape index (κ2) is 4.63. The lowest BCUT2D eigenvalue weighted by Gasteiger charge is -2.10. The van der Waals surface area contributed by atoms with Crippen molar-refractivity contribution < 1.29 is 9.50 Å². The van der Waals surface area contributed by atoms with Gasteiger partial charge in [0.05, 0.1) is 0 Å². The molecule has 1 nitrogen and oxygen atoms in total. The maximum absolute atomic E-state index is 13.2. The first-order chi connectivity index (χ1) is 6.19. The molecule has 1 rings (SSSR count). The van der Waals surface area contributed by atoms with E-state index in [1.165, 1.54) is 6.07 Å². The van der Waals surface area contributed by atoms with Gasteiger partial charge < -0.3 is 5.11 Å². The molecule has 0 bridgehead atoms. The number of aliphatic hydroxyl groups excluding tert-OH is 1. The van der Waals surface area contributed by atoms with Gasteiger partial charge in [-0.1, -0.05) is 6.92 Å². The number of thioether (sulfide) groups is 1. The molecule has 0 aromatic heterocycles. The Morgan fingerprint density at radius 2 is 2.23 bits per heavy atom. The summed E-state index contributed by atoms with van der Waals surface area (Å²) >= 11 is 1.57. The summed E-state index contributed by atoms with van der Waals surface area (Å²) < 4.78 is 13.2. The first-order valence-corrected chi connectivity index (χ1v) is 5.35. The van der Waals surface area contributed by atoms with Crippen LogP contribution in [0.3, 0.4) is 0 Å². The van der Waals surface area contributed by atoms with Crippen LogP contribution < -0.4 is 0 Å². The van der Waals surface area contributed by atoms with Crippen molar-refractivity contribution in [1.29, 1.82) is 0 Å². The summed E-state index contributed by atoms with van der Waals surface area (Å²) in [5.74, 6) is -0.369. The van der Waals surface area contributed by atoms with E-state index < -0.39 is 0 Å². The molecule has 0 saturated heterocycles. The third-order valence-electron chi connectivity index (χ3n) is 2.01. The smallest absolute Gasteiger partial charge is 0.126 e. The van der Waals surface area contributed by atoms with Crippen LogP contribution >= 0.6 is 11.8 Å². The third-order valence-corrected chi connectivity index (χ3v) is 2.73. The molecule has 0 spiro atoms. The average molecular weight is 200 g/mol. The number of hydrogen-bond donors (Lipinski definition) is 1. The zero-order valence-electron chi connectivity index (χ0n) is 7.75. The van der Waals surface area contributed by atoms with Gasteiger partial charge in [-0.3, -0.25) is 0 Å². The molecule has 1 atom stereocenters. The molecule has 13 heavy (non-hydrogen) atoms. The summed E-state index contributed by atoms with van der Waals surface area (Å²) in [5.41, 5.74) is 0.592. The van der Waals surface area contributed by atoms with E-state index in [4.69, 9.17) is 5.11 Å². The van der Waals surface area contributed by atoms with Crippen LogP contribution in [0.2, 0.25) is 0 Å². The van der Waals surface area contributed by atoms with Crippen LogP contribution in [0.1, 0.15) is 18.4 Å². The van der Waals surface area contributed by atoms with Crippen molar-refractivity contribution in [3.63, 3.8) is 0 Å². The monoisotopic (exact) mass is 200 g/mol. The normalized spacial score (nSPS) is 12.9. The van der Waals surface area contributed by atoms with E-state index in [1.54, 1.807) is 23.9 Å². The molecule has 0 heterocycles. The first kappa shape index (κ1) is 10.5. The largest absolute Gasteiger partial charge is 0.396 e. The first-order valence-electron chi connectivity index (χ1n) is 4.13. The summed E-state index contributed by atoms with van der Waals surface area (Å²) in [5, 5.41) is 8.90. The highest BCUT2D eigenvalue weighted by Crippen LogP contribution is 2.24. The maximum atomic E-state index is 13.2. The third kappa shape index (κ3) is 2.45. The highest BCUT2D eigenvalue weighted by molar-refractivity contribution is 7.98. The maximum Gasteiger partial charge on any atom is 0.126 e. The highest BCUT2D eigenvalue weighted by atomic mass is 32.2. The van der Waals surface area contributed by atoms with Crippen LogP contribution in [-0.4, -0.2) is 18.0 Å². The Morgan fingerprint density at radius 3 is 2.77 bits per heavy atom. The van der Waals surface area contributed by atoms with Crippen molar-refractivity contribution in [3.05, 3.63) is 29.6 Å². The van der Waals surface area contributed by atoms with Gasteiger partial charge in [0.25, 0.3) is 0 Å². The number of halogens is 1. The number of rotatable bonds is 3. The number of aliphatic hydroxyl groups is 1. The van der Waals surface area contributed by atoms with E-state index in [0.29, 0.717) is 5.56 Å². The van der Waals surface area contributed by atoms with Gasteiger partial charge in [0, 0.05) is 17.4 Å². The predicted octanol–water partition coefficient (Wildman–Crippen LogP) is 2.64. The molecule has 3 heteroatoms. The molecular weight excluding hydrogens is 187 g/mol. The molecule has 1 N–H and O–H groups in total. The summed E-state index contributed by atoms with van der Waals surface area (Å²) in [6, 6.07) is 4.99. The van der Waals surface area contributed by atoms with E-state index >= 15 is 0 Å². The van der Waals surface area contributed by atoms with Crippen molar-refractivity contribution >= 4 is 11.8 Å². The molecule has 1 aromatic carbocycles. The summed E-state index contributed by atoms with van der Waals surface area (Å²) in [6.07, 6.45) is 1.95. The zero-order chi connectivity index (χ0) is 9.84. The number of benzene rings is 1. The molecule has 0 radical (unpaired) electrons. The molecule has 72 valence electrons. The Kier molecular flexibility index (Phi) is 3.75. The minimum atomic E-state index is -0.237. The summed E-state index contributed by atoms with van der Waals surface area (Å²) in [4.78, 5) is 1.02. The van der Waals surface area contributed by atoms with Crippen molar-refractivity contribution in [1.82, 2.24) is 0 Å². The lowest BCUT2D eigenvalue weighted by Crippen LogP contribution is -2.01.